The predicted molar refractivity (Wildman–Crippen MR) is 37.6 cm³/mol. The van der Waals surface area contributed by atoms with E-state index in [0.29, 0.717) is 25.3 Å². The number of ether oxygens (including phenoxy) is 2. The SMILES string of the molecule is NCC1CO1.NCC1CO1. The van der Waals surface area contributed by atoms with Gasteiger partial charge in [0, 0.05) is 13.1 Å². The molecule has 2 aliphatic heterocycles. The van der Waals surface area contributed by atoms with Crippen molar-refractivity contribution in [1.82, 2.24) is 0 Å². The summed E-state index contributed by atoms with van der Waals surface area (Å²) in [5.41, 5.74) is 10.2. The molecular weight excluding hydrogens is 132 g/mol. The fourth-order valence-corrected chi connectivity index (χ4v) is 0.408. The van der Waals surface area contributed by atoms with Crippen molar-refractivity contribution in [2.24, 2.45) is 11.5 Å². The van der Waals surface area contributed by atoms with Crippen LogP contribution in [0.2, 0.25) is 0 Å². The molecule has 4 N–H and O–H groups in total. The van der Waals surface area contributed by atoms with Crippen molar-refractivity contribution in [3.05, 3.63) is 0 Å². The summed E-state index contributed by atoms with van der Waals surface area (Å²) in [6.45, 7) is 3.16. The fourth-order valence-electron chi connectivity index (χ4n) is 0.408. The zero-order valence-electron chi connectivity index (χ0n) is 5.95. The van der Waals surface area contributed by atoms with Gasteiger partial charge >= 0.3 is 0 Å². The minimum absolute atomic E-state index is 0.412. The minimum atomic E-state index is 0.412. The largest absolute Gasteiger partial charge is 0.372 e. The molecule has 60 valence electrons. The first kappa shape index (κ1) is 7.94. The van der Waals surface area contributed by atoms with E-state index < -0.39 is 0 Å². The van der Waals surface area contributed by atoms with Gasteiger partial charge in [0.2, 0.25) is 0 Å². The van der Waals surface area contributed by atoms with Gasteiger partial charge in [-0.1, -0.05) is 0 Å². The molecule has 0 aromatic heterocycles. The van der Waals surface area contributed by atoms with Crippen LogP contribution >= 0.6 is 0 Å². The molecule has 4 heteroatoms. The van der Waals surface area contributed by atoms with E-state index in [1.54, 1.807) is 0 Å². The summed E-state index contributed by atoms with van der Waals surface area (Å²) in [5.74, 6) is 0. The lowest BCUT2D eigenvalue weighted by molar-refractivity contribution is 0.412. The topological polar surface area (TPSA) is 77.1 Å². The molecule has 2 aliphatic rings. The van der Waals surface area contributed by atoms with Gasteiger partial charge < -0.3 is 20.9 Å². The predicted octanol–water partition coefficient (Wildman–Crippen LogP) is -1.31. The third-order valence-corrected chi connectivity index (χ3v) is 1.33. The molecule has 0 spiro atoms. The van der Waals surface area contributed by atoms with Gasteiger partial charge in [0.25, 0.3) is 0 Å². The molecule has 4 nitrogen and oxygen atoms in total. The second-order valence-electron chi connectivity index (χ2n) is 2.38. The quantitative estimate of drug-likeness (QED) is 0.474. The Morgan fingerprint density at radius 3 is 1.30 bits per heavy atom. The first-order valence-corrected chi connectivity index (χ1v) is 3.50. The Labute approximate surface area is 60.5 Å². The zero-order valence-corrected chi connectivity index (χ0v) is 5.95. The Morgan fingerprint density at radius 2 is 1.30 bits per heavy atom. The Bertz CT molecular complexity index is 79.7. The van der Waals surface area contributed by atoms with Crippen LogP contribution in [0.4, 0.5) is 0 Å². The molecule has 2 rings (SSSR count). The molecule has 2 unspecified atom stereocenters. The summed E-state index contributed by atoms with van der Waals surface area (Å²) in [7, 11) is 0. The smallest absolute Gasteiger partial charge is 0.0931 e. The highest BCUT2D eigenvalue weighted by Gasteiger charge is 2.19. The molecule has 0 amide bonds. The van der Waals surface area contributed by atoms with Crippen LogP contribution in [0.5, 0.6) is 0 Å². The highest BCUT2D eigenvalue weighted by atomic mass is 16.6. The highest BCUT2D eigenvalue weighted by molar-refractivity contribution is 4.68. The van der Waals surface area contributed by atoms with E-state index in [2.05, 4.69) is 0 Å². The molecule has 2 fully saturated rings. The van der Waals surface area contributed by atoms with Crippen LogP contribution in [0.3, 0.4) is 0 Å². The summed E-state index contributed by atoms with van der Waals surface area (Å²) >= 11 is 0. The summed E-state index contributed by atoms with van der Waals surface area (Å²) < 4.78 is 9.47. The second kappa shape index (κ2) is 3.88. The van der Waals surface area contributed by atoms with E-state index in [1.807, 2.05) is 0 Å². The monoisotopic (exact) mass is 146 g/mol. The van der Waals surface area contributed by atoms with Crippen LogP contribution in [0.25, 0.3) is 0 Å². The maximum Gasteiger partial charge on any atom is 0.0931 e. The van der Waals surface area contributed by atoms with Gasteiger partial charge in [-0.3, -0.25) is 0 Å². The Hall–Kier alpha value is -0.160. The van der Waals surface area contributed by atoms with Crippen molar-refractivity contribution in [3.63, 3.8) is 0 Å². The van der Waals surface area contributed by atoms with Crippen LogP contribution in [-0.4, -0.2) is 38.5 Å². The lowest BCUT2D eigenvalue weighted by Crippen LogP contribution is -2.05. The summed E-state index contributed by atoms with van der Waals surface area (Å²) in [6, 6.07) is 0. The van der Waals surface area contributed by atoms with E-state index >= 15 is 0 Å². The number of nitrogens with two attached hydrogens (primary N) is 2. The van der Waals surface area contributed by atoms with Crippen molar-refractivity contribution in [2.75, 3.05) is 26.3 Å². The van der Waals surface area contributed by atoms with Crippen molar-refractivity contribution in [3.8, 4) is 0 Å². The number of epoxide rings is 2. The molecule has 0 aliphatic carbocycles. The number of rotatable bonds is 2. The Morgan fingerprint density at radius 1 is 1.00 bits per heavy atom. The average molecular weight is 146 g/mol. The molecule has 0 saturated carbocycles. The van der Waals surface area contributed by atoms with E-state index in [-0.39, 0.29) is 0 Å². The molecule has 0 bridgehead atoms. The van der Waals surface area contributed by atoms with Gasteiger partial charge in [0.15, 0.2) is 0 Å². The molecule has 0 aromatic rings. The fraction of sp³-hybridized carbons (Fsp3) is 1.00. The maximum absolute atomic E-state index is 5.11. The third-order valence-electron chi connectivity index (χ3n) is 1.33. The molecular formula is C6H14N2O2. The van der Waals surface area contributed by atoms with Gasteiger partial charge in [0.05, 0.1) is 25.4 Å². The first-order chi connectivity index (χ1) is 4.86. The molecule has 0 aromatic carbocycles. The highest BCUT2D eigenvalue weighted by Crippen LogP contribution is 2.04. The number of hydrogen-bond acceptors (Lipinski definition) is 4. The lowest BCUT2D eigenvalue weighted by atomic mass is 10.5. The van der Waals surface area contributed by atoms with Gasteiger partial charge in [-0.25, -0.2) is 0 Å². The van der Waals surface area contributed by atoms with Crippen LogP contribution in [0.15, 0.2) is 0 Å². The van der Waals surface area contributed by atoms with E-state index in [0.717, 1.165) is 13.2 Å². The van der Waals surface area contributed by atoms with Gasteiger partial charge in [-0.2, -0.15) is 0 Å². The normalized spacial score (nSPS) is 34.2. The van der Waals surface area contributed by atoms with Crippen molar-refractivity contribution in [1.29, 1.82) is 0 Å². The molecule has 10 heavy (non-hydrogen) atoms. The summed E-state index contributed by atoms with van der Waals surface area (Å²) in [5, 5.41) is 0. The van der Waals surface area contributed by atoms with Crippen molar-refractivity contribution in [2.45, 2.75) is 12.2 Å². The van der Waals surface area contributed by atoms with E-state index in [9.17, 15) is 0 Å². The van der Waals surface area contributed by atoms with Crippen LogP contribution < -0.4 is 11.5 Å². The molecule has 2 saturated heterocycles. The maximum atomic E-state index is 5.11. The Balaban J connectivity index is 0.0000001000. The third kappa shape index (κ3) is 3.79. The van der Waals surface area contributed by atoms with Crippen molar-refractivity contribution >= 4 is 0 Å². The minimum Gasteiger partial charge on any atom is -0.372 e. The van der Waals surface area contributed by atoms with Crippen LogP contribution in [-0.2, 0) is 9.47 Å². The zero-order chi connectivity index (χ0) is 7.40. The Kier molecular flexibility index (Phi) is 3.08. The van der Waals surface area contributed by atoms with Crippen LogP contribution in [0, 0.1) is 0 Å². The van der Waals surface area contributed by atoms with E-state index in [4.69, 9.17) is 20.9 Å². The molecule has 0 radical (unpaired) electrons. The number of hydrogen-bond donors (Lipinski definition) is 2. The second-order valence-corrected chi connectivity index (χ2v) is 2.38. The molecule has 2 atom stereocenters. The van der Waals surface area contributed by atoms with Crippen LogP contribution in [0.1, 0.15) is 0 Å². The summed E-state index contributed by atoms with van der Waals surface area (Å²) in [6.07, 6.45) is 0.824. The van der Waals surface area contributed by atoms with E-state index in [1.165, 1.54) is 0 Å². The van der Waals surface area contributed by atoms with Gasteiger partial charge in [-0.05, 0) is 0 Å². The van der Waals surface area contributed by atoms with Crippen molar-refractivity contribution < 1.29 is 9.47 Å². The first-order valence-electron chi connectivity index (χ1n) is 3.50. The summed E-state index contributed by atoms with van der Waals surface area (Å²) in [4.78, 5) is 0. The average Bonchev–Trinajstić information content (AvgIpc) is 2.86. The molecule has 2 heterocycles. The van der Waals surface area contributed by atoms with Gasteiger partial charge in [-0.15, -0.1) is 0 Å². The van der Waals surface area contributed by atoms with Gasteiger partial charge in [0.1, 0.15) is 0 Å². The lowest BCUT2D eigenvalue weighted by Gasteiger charge is -1.71. The standard InChI is InChI=1S/2C3H7NO/c2*4-1-3-2-5-3/h2*3H,1-2,4H2.